The summed E-state index contributed by atoms with van der Waals surface area (Å²) in [6, 6.07) is 16.8. The van der Waals surface area contributed by atoms with Crippen LogP contribution in [0.15, 0.2) is 48.5 Å². The van der Waals surface area contributed by atoms with E-state index in [4.69, 9.17) is 0 Å². The molecule has 5 rings (SSSR count). The molecule has 1 aliphatic carbocycles. The molecule has 2 aromatic carbocycles. The number of hydrogen-bond donors (Lipinski definition) is 2. The molecule has 5 heteroatoms. The zero-order valence-electron chi connectivity index (χ0n) is 18.0. The molecule has 2 aromatic rings. The summed E-state index contributed by atoms with van der Waals surface area (Å²) in [5.41, 5.74) is 4.35. The predicted octanol–water partition coefficient (Wildman–Crippen LogP) is 2.73. The van der Waals surface area contributed by atoms with E-state index in [2.05, 4.69) is 51.9 Å². The number of hydrogen-bond acceptors (Lipinski definition) is 3. The molecule has 2 N–H and O–H groups in total. The summed E-state index contributed by atoms with van der Waals surface area (Å²) < 4.78 is 0. The summed E-state index contributed by atoms with van der Waals surface area (Å²) in [5, 5.41) is 6.24. The van der Waals surface area contributed by atoms with Crippen LogP contribution in [0.2, 0.25) is 0 Å². The Labute approximate surface area is 184 Å². The minimum Gasteiger partial charge on any atom is -0.356 e. The van der Waals surface area contributed by atoms with Crippen molar-refractivity contribution in [3.8, 4) is 0 Å². The van der Waals surface area contributed by atoms with Gasteiger partial charge in [-0.15, -0.1) is 0 Å². The van der Waals surface area contributed by atoms with Crippen LogP contribution in [-0.4, -0.2) is 48.9 Å². The maximum atomic E-state index is 12.9. The molecule has 5 nitrogen and oxygen atoms in total. The van der Waals surface area contributed by atoms with Gasteiger partial charge < -0.3 is 15.5 Å². The van der Waals surface area contributed by atoms with E-state index in [1.807, 2.05) is 12.1 Å². The van der Waals surface area contributed by atoms with Crippen molar-refractivity contribution in [2.75, 3.05) is 26.2 Å². The van der Waals surface area contributed by atoms with Crippen molar-refractivity contribution in [2.24, 2.45) is 5.41 Å². The van der Waals surface area contributed by atoms with Crippen molar-refractivity contribution >= 4 is 11.8 Å². The van der Waals surface area contributed by atoms with Gasteiger partial charge in [0.05, 0.1) is 5.41 Å². The lowest BCUT2D eigenvalue weighted by Crippen LogP contribution is -2.38. The molecule has 2 atom stereocenters. The van der Waals surface area contributed by atoms with Crippen LogP contribution >= 0.6 is 0 Å². The van der Waals surface area contributed by atoms with Gasteiger partial charge in [-0.1, -0.05) is 36.4 Å². The third-order valence-electron chi connectivity index (χ3n) is 7.41. The molecule has 3 aliphatic rings. The number of nitrogens with zero attached hydrogens (tertiary/aromatic N) is 1. The van der Waals surface area contributed by atoms with Gasteiger partial charge >= 0.3 is 0 Å². The number of carbonyl (C=O) groups excluding carboxylic acids is 2. The maximum Gasteiger partial charge on any atom is 0.251 e. The van der Waals surface area contributed by atoms with Gasteiger partial charge in [0, 0.05) is 37.8 Å². The van der Waals surface area contributed by atoms with Crippen LogP contribution in [0.5, 0.6) is 0 Å². The first-order valence-electron chi connectivity index (χ1n) is 11.6. The Balaban J connectivity index is 1.16. The quantitative estimate of drug-likeness (QED) is 0.786. The third kappa shape index (κ3) is 4.24. The number of carbonyl (C=O) groups is 2. The third-order valence-corrected chi connectivity index (χ3v) is 7.41. The zero-order chi connectivity index (χ0) is 21.3. The number of benzene rings is 2. The first-order chi connectivity index (χ1) is 15.1. The SMILES string of the molecule is O=C(NC1CCN(CCc2ccccc2)C1)c1ccc2c(c1)CCC1(CCNC1=O)C2. The molecule has 0 aromatic heterocycles. The number of fused-ring (bicyclic) bond motifs is 1. The van der Waals surface area contributed by atoms with Crippen LogP contribution in [0, 0.1) is 5.41 Å². The van der Waals surface area contributed by atoms with Crippen molar-refractivity contribution in [2.45, 2.75) is 44.6 Å². The van der Waals surface area contributed by atoms with E-state index in [0.29, 0.717) is 0 Å². The Morgan fingerprint density at radius 1 is 1.13 bits per heavy atom. The van der Waals surface area contributed by atoms with Gasteiger partial charge in [-0.3, -0.25) is 9.59 Å². The highest BCUT2D eigenvalue weighted by molar-refractivity contribution is 5.95. The lowest BCUT2D eigenvalue weighted by Gasteiger charge is -2.32. The number of aryl methyl sites for hydroxylation is 1. The highest BCUT2D eigenvalue weighted by Gasteiger charge is 2.44. The van der Waals surface area contributed by atoms with E-state index < -0.39 is 0 Å². The minimum atomic E-state index is -0.218. The average molecular weight is 418 g/mol. The Morgan fingerprint density at radius 3 is 2.81 bits per heavy atom. The van der Waals surface area contributed by atoms with Crippen LogP contribution in [0.3, 0.4) is 0 Å². The summed E-state index contributed by atoms with van der Waals surface area (Å²) in [6.45, 7) is 3.77. The second-order valence-electron chi connectivity index (χ2n) is 9.44. The summed E-state index contributed by atoms with van der Waals surface area (Å²) in [7, 11) is 0. The van der Waals surface area contributed by atoms with Crippen molar-refractivity contribution in [1.82, 2.24) is 15.5 Å². The van der Waals surface area contributed by atoms with Crippen LogP contribution in [0.1, 0.15) is 46.3 Å². The van der Waals surface area contributed by atoms with Gasteiger partial charge in [0.15, 0.2) is 0 Å². The van der Waals surface area contributed by atoms with Crippen molar-refractivity contribution in [3.05, 3.63) is 70.8 Å². The summed E-state index contributed by atoms with van der Waals surface area (Å²) in [6.07, 6.45) is 5.54. The molecule has 2 unspecified atom stereocenters. The molecule has 1 spiro atoms. The minimum absolute atomic E-state index is 0.0246. The largest absolute Gasteiger partial charge is 0.356 e. The normalized spacial score (nSPS) is 25.4. The molecular weight excluding hydrogens is 386 g/mol. The molecule has 0 radical (unpaired) electrons. The molecule has 31 heavy (non-hydrogen) atoms. The van der Waals surface area contributed by atoms with Gasteiger partial charge in [-0.25, -0.2) is 0 Å². The van der Waals surface area contributed by atoms with E-state index in [1.165, 1.54) is 16.7 Å². The Hall–Kier alpha value is -2.66. The fraction of sp³-hybridized carbons (Fsp3) is 0.462. The standard InChI is InChI=1S/C26H31N3O2/c30-24(28-23-10-15-29(18-23)14-9-19-4-2-1-3-5-19)21-6-7-22-17-26(11-8-20(22)16-21)12-13-27-25(26)31/h1-7,16,23H,8-15,17-18H2,(H,27,31)(H,28,30). The summed E-state index contributed by atoms with van der Waals surface area (Å²) >= 11 is 0. The van der Waals surface area contributed by atoms with E-state index in [0.717, 1.165) is 70.3 Å². The highest BCUT2D eigenvalue weighted by Crippen LogP contribution is 2.41. The topological polar surface area (TPSA) is 61.4 Å². The lowest BCUT2D eigenvalue weighted by atomic mass is 9.70. The van der Waals surface area contributed by atoms with Crippen molar-refractivity contribution < 1.29 is 9.59 Å². The van der Waals surface area contributed by atoms with Gasteiger partial charge in [0.1, 0.15) is 0 Å². The molecule has 2 aliphatic heterocycles. The Kier molecular flexibility index (Phi) is 5.53. The van der Waals surface area contributed by atoms with Crippen LogP contribution < -0.4 is 10.6 Å². The molecule has 2 heterocycles. The van der Waals surface area contributed by atoms with E-state index >= 15 is 0 Å². The zero-order valence-corrected chi connectivity index (χ0v) is 18.0. The summed E-state index contributed by atoms with van der Waals surface area (Å²) in [5.74, 6) is 0.231. The fourth-order valence-electron chi connectivity index (χ4n) is 5.48. The molecule has 0 saturated carbocycles. The fourth-order valence-corrected chi connectivity index (χ4v) is 5.48. The number of nitrogens with one attached hydrogen (secondary N) is 2. The summed E-state index contributed by atoms with van der Waals surface area (Å²) in [4.78, 5) is 27.6. The second-order valence-corrected chi connectivity index (χ2v) is 9.44. The first kappa shape index (κ1) is 20.3. The first-order valence-corrected chi connectivity index (χ1v) is 11.6. The molecule has 2 amide bonds. The average Bonchev–Trinajstić information content (AvgIpc) is 3.39. The smallest absolute Gasteiger partial charge is 0.251 e. The van der Waals surface area contributed by atoms with Gasteiger partial charge in [0.25, 0.3) is 5.91 Å². The van der Waals surface area contributed by atoms with Crippen molar-refractivity contribution in [3.63, 3.8) is 0 Å². The van der Waals surface area contributed by atoms with E-state index in [9.17, 15) is 9.59 Å². The van der Waals surface area contributed by atoms with Gasteiger partial charge in [0.2, 0.25) is 5.91 Å². The van der Waals surface area contributed by atoms with Crippen LogP contribution in [-0.2, 0) is 24.1 Å². The predicted molar refractivity (Wildman–Crippen MR) is 121 cm³/mol. The highest BCUT2D eigenvalue weighted by atomic mass is 16.2. The van der Waals surface area contributed by atoms with E-state index in [-0.39, 0.29) is 23.3 Å². The monoisotopic (exact) mass is 417 g/mol. The molecule has 2 saturated heterocycles. The van der Waals surface area contributed by atoms with Gasteiger partial charge in [-0.2, -0.15) is 0 Å². The van der Waals surface area contributed by atoms with Crippen molar-refractivity contribution in [1.29, 1.82) is 0 Å². The molecule has 2 fully saturated rings. The van der Waals surface area contributed by atoms with Crippen LogP contribution in [0.25, 0.3) is 0 Å². The second kappa shape index (κ2) is 8.46. The maximum absolute atomic E-state index is 12.9. The van der Waals surface area contributed by atoms with Gasteiger partial charge in [-0.05, 0) is 67.3 Å². The number of rotatable bonds is 5. The molecular formula is C26H31N3O2. The molecule has 162 valence electrons. The number of amides is 2. The Bertz CT molecular complexity index is 974. The van der Waals surface area contributed by atoms with Crippen LogP contribution in [0.4, 0.5) is 0 Å². The van der Waals surface area contributed by atoms with E-state index in [1.54, 1.807) is 0 Å². The Morgan fingerprint density at radius 2 is 2.00 bits per heavy atom. The lowest BCUT2D eigenvalue weighted by molar-refractivity contribution is -0.128. The molecule has 0 bridgehead atoms. The number of likely N-dealkylation sites (tertiary alicyclic amines) is 1.